The van der Waals surface area contributed by atoms with Crippen LogP contribution in [0.15, 0.2) is 46.9 Å². The molecule has 3 aliphatic carbocycles. The zero-order chi connectivity index (χ0) is 27.7. The lowest BCUT2D eigenvalue weighted by Crippen LogP contribution is -2.63. The highest BCUT2D eigenvalue weighted by molar-refractivity contribution is 6.25. The smallest absolute Gasteiger partial charge is 0.255 e. The SMILES string of the molecule is CCCOc1c2c(c(O)c3ccccc13)C(=O)C1=C(O)[C@]3(O)C(=O)C(C(N)=O)=C(O)[C@@H](N(C)C)[C@@H]3C[C@@H]1C2. The molecule has 0 radical (unpaired) electrons. The number of likely N-dealkylation sites (N-methyl/N-ethyl adjacent to an activating group) is 1. The molecule has 4 atom stereocenters. The molecule has 5 rings (SSSR count). The van der Waals surface area contributed by atoms with Crippen LogP contribution in [-0.4, -0.2) is 75.1 Å². The Kier molecular flexibility index (Phi) is 6.00. The van der Waals surface area contributed by atoms with Crippen LogP contribution in [0, 0.1) is 11.8 Å². The number of phenols is 1. The number of ether oxygens (including phenoxy) is 1. The summed E-state index contributed by atoms with van der Waals surface area (Å²) in [5, 5.41) is 46.2. The molecule has 0 heterocycles. The number of amides is 1. The summed E-state index contributed by atoms with van der Waals surface area (Å²) >= 11 is 0. The van der Waals surface area contributed by atoms with Gasteiger partial charge in [-0.05, 0) is 39.3 Å². The molecule has 0 unspecified atom stereocenters. The van der Waals surface area contributed by atoms with E-state index in [1.54, 1.807) is 38.4 Å². The summed E-state index contributed by atoms with van der Waals surface area (Å²) in [5.74, 6) is -6.31. The molecule has 0 aliphatic heterocycles. The van der Waals surface area contributed by atoms with Crippen LogP contribution in [0.1, 0.15) is 35.7 Å². The Morgan fingerprint density at radius 3 is 2.42 bits per heavy atom. The molecule has 38 heavy (non-hydrogen) atoms. The Morgan fingerprint density at radius 1 is 1.16 bits per heavy atom. The minimum atomic E-state index is -2.67. The van der Waals surface area contributed by atoms with Gasteiger partial charge in [0.15, 0.2) is 11.4 Å². The molecule has 10 heteroatoms. The zero-order valence-electron chi connectivity index (χ0n) is 21.3. The molecule has 6 N–H and O–H groups in total. The number of Topliss-reactive ketones (excluding diaryl/α,β-unsaturated/α-hetero) is 2. The fourth-order valence-corrected chi connectivity index (χ4v) is 6.40. The van der Waals surface area contributed by atoms with Crippen LogP contribution < -0.4 is 10.5 Å². The van der Waals surface area contributed by atoms with Crippen LogP contribution in [0.2, 0.25) is 0 Å². The number of hydrogen-bond acceptors (Lipinski definition) is 9. The van der Waals surface area contributed by atoms with E-state index in [-0.39, 0.29) is 29.7 Å². The molecule has 0 fully saturated rings. The van der Waals surface area contributed by atoms with Gasteiger partial charge in [-0.2, -0.15) is 0 Å². The Labute approximate surface area is 218 Å². The molecule has 0 bridgehead atoms. The van der Waals surface area contributed by atoms with Gasteiger partial charge in [0, 0.05) is 27.8 Å². The molecule has 200 valence electrons. The zero-order valence-corrected chi connectivity index (χ0v) is 21.3. The van der Waals surface area contributed by atoms with Crippen LogP contribution in [0.4, 0.5) is 0 Å². The van der Waals surface area contributed by atoms with Crippen LogP contribution in [0.3, 0.4) is 0 Å². The minimum Gasteiger partial charge on any atom is -0.510 e. The third-order valence-corrected chi connectivity index (χ3v) is 8.01. The van der Waals surface area contributed by atoms with E-state index in [4.69, 9.17) is 10.5 Å². The molecule has 0 saturated heterocycles. The molecule has 0 aromatic heterocycles. The van der Waals surface area contributed by atoms with Gasteiger partial charge in [-0.1, -0.05) is 31.2 Å². The molecule has 0 saturated carbocycles. The molecule has 2 aromatic carbocycles. The number of nitrogens with zero attached hydrogens (tertiary/aromatic N) is 1. The summed E-state index contributed by atoms with van der Waals surface area (Å²) in [6, 6.07) is 5.92. The number of primary amides is 1. The van der Waals surface area contributed by atoms with Gasteiger partial charge in [-0.15, -0.1) is 0 Å². The second-order valence-corrected chi connectivity index (χ2v) is 10.4. The van der Waals surface area contributed by atoms with Crippen LogP contribution >= 0.6 is 0 Å². The number of rotatable bonds is 5. The molecule has 0 spiro atoms. The van der Waals surface area contributed by atoms with Crippen LogP contribution in [0.25, 0.3) is 10.8 Å². The topological polar surface area (TPSA) is 171 Å². The van der Waals surface area contributed by atoms with E-state index < -0.39 is 58.0 Å². The normalized spacial score (nSPS) is 26.9. The third-order valence-electron chi connectivity index (χ3n) is 8.01. The van der Waals surface area contributed by atoms with E-state index in [0.29, 0.717) is 35.1 Å². The highest BCUT2D eigenvalue weighted by atomic mass is 16.5. The van der Waals surface area contributed by atoms with E-state index >= 15 is 0 Å². The maximum Gasteiger partial charge on any atom is 0.255 e. The second kappa shape index (κ2) is 8.85. The number of fused-ring (bicyclic) bond motifs is 4. The van der Waals surface area contributed by atoms with Gasteiger partial charge in [0.1, 0.15) is 28.6 Å². The van der Waals surface area contributed by atoms with Crippen molar-refractivity contribution in [3.63, 3.8) is 0 Å². The first-order valence-electron chi connectivity index (χ1n) is 12.5. The van der Waals surface area contributed by atoms with Gasteiger partial charge in [0.2, 0.25) is 5.78 Å². The van der Waals surface area contributed by atoms with Crippen molar-refractivity contribution in [1.29, 1.82) is 0 Å². The van der Waals surface area contributed by atoms with Crippen LogP contribution in [0.5, 0.6) is 11.5 Å². The van der Waals surface area contributed by atoms with Crippen molar-refractivity contribution in [3.8, 4) is 11.5 Å². The standard InChI is InChI=1S/C28H30N2O8/c1-4-9-38-24-14-8-6-5-7-13(14)21(31)18-15(24)10-12-11-16-20(30(2)3)23(33)19(27(29)36)26(35)28(16,37)25(34)17(12)22(18)32/h5-8,12,16,20,31,33-34,37H,4,9-11H2,1-3H3,(H2,29,36)/t12-,16-,20-,28-/m0/s1. The van der Waals surface area contributed by atoms with E-state index in [2.05, 4.69) is 0 Å². The minimum absolute atomic E-state index is 0.0204. The van der Waals surface area contributed by atoms with E-state index in [1.165, 1.54) is 4.90 Å². The second-order valence-electron chi connectivity index (χ2n) is 10.4. The third kappa shape index (κ3) is 3.30. The summed E-state index contributed by atoms with van der Waals surface area (Å²) in [7, 11) is 3.18. The van der Waals surface area contributed by atoms with Gasteiger partial charge >= 0.3 is 0 Å². The molecule has 3 aliphatic rings. The Bertz CT molecular complexity index is 1470. The predicted octanol–water partition coefficient (Wildman–Crippen LogP) is 2.06. The van der Waals surface area contributed by atoms with Crippen molar-refractivity contribution in [2.75, 3.05) is 20.7 Å². The monoisotopic (exact) mass is 522 g/mol. The Hall–Kier alpha value is -3.89. The summed E-state index contributed by atoms with van der Waals surface area (Å²) in [6.07, 6.45) is 0.904. The number of aliphatic hydroxyl groups excluding tert-OH is 2. The average Bonchev–Trinajstić information content (AvgIpc) is 2.85. The summed E-state index contributed by atoms with van der Waals surface area (Å²) in [4.78, 5) is 41.0. The Morgan fingerprint density at radius 2 is 1.82 bits per heavy atom. The maximum atomic E-state index is 14.0. The number of aliphatic hydroxyl groups is 3. The van der Waals surface area contributed by atoms with Gasteiger partial charge in [0.05, 0.1) is 18.2 Å². The fraction of sp³-hybridized carbons (Fsp3) is 0.393. The number of ketones is 2. The van der Waals surface area contributed by atoms with Crippen molar-refractivity contribution in [3.05, 3.63) is 58.1 Å². The summed E-state index contributed by atoms with van der Waals surface area (Å²) in [5.41, 5.74) is 2.09. The predicted molar refractivity (Wildman–Crippen MR) is 137 cm³/mol. The average molecular weight is 523 g/mol. The van der Waals surface area contributed by atoms with Gasteiger partial charge < -0.3 is 30.9 Å². The van der Waals surface area contributed by atoms with Crippen molar-refractivity contribution in [2.45, 2.75) is 37.8 Å². The number of nitrogens with two attached hydrogens (primary N) is 1. The highest BCUT2D eigenvalue weighted by Gasteiger charge is 2.63. The summed E-state index contributed by atoms with van der Waals surface area (Å²) < 4.78 is 6.08. The van der Waals surface area contributed by atoms with Crippen molar-refractivity contribution in [2.24, 2.45) is 17.6 Å². The quantitative estimate of drug-likeness (QED) is 0.369. The van der Waals surface area contributed by atoms with Gasteiger partial charge in [-0.3, -0.25) is 19.3 Å². The van der Waals surface area contributed by atoms with E-state index in [0.717, 1.165) is 0 Å². The number of benzene rings is 2. The molecular weight excluding hydrogens is 492 g/mol. The molecule has 2 aromatic rings. The van der Waals surface area contributed by atoms with Crippen LogP contribution in [-0.2, 0) is 16.0 Å². The maximum absolute atomic E-state index is 14.0. The molecule has 10 nitrogen and oxygen atoms in total. The number of carbonyl (C=O) groups is 3. The summed E-state index contributed by atoms with van der Waals surface area (Å²) in [6.45, 7) is 2.32. The highest BCUT2D eigenvalue weighted by Crippen LogP contribution is 2.54. The first-order chi connectivity index (χ1) is 18.0. The first kappa shape index (κ1) is 25.7. The molecular formula is C28H30N2O8. The number of carbonyl (C=O) groups excluding carboxylic acids is 3. The fourth-order valence-electron chi connectivity index (χ4n) is 6.40. The van der Waals surface area contributed by atoms with Crippen molar-refractivity contribution >= 4 is 28.2 Å². The lowest BCUT2D eigenvalue weighted by molar-refractivity contribution is -0.148. The van der Waals surface area contributed by atoms with E-state index in [1.807, 2.05) is 6.92 Å². The molecule has 1 amide bonds. The van der Waals surface area contributed by atoms with Crippen molar-refractivity contribution < 1.29 is 39.5 Å². The lowest BCUT2D eigenvalue weighted by Gasteiger charge is -2.50. The van der Waals surface area contributed by atoms with E-state index in [9.17, 15) is 34.8 Å². The number of phenolic OH excluding ortho intramolecular Hbond substituents is 1. The van der Waals surface area contributed by atoms with Crippen molar-refractivity contribution in [1.82, 2.24) is 4.90 Å². The van der Waals surface area contributed by atoms with Gasteiger partial charge in [0.25, 0.3) is 5.91 Å². The number of allylic oxidation sites excluding steroid dienone is 1. The Balaban J connectivity index is 1.77. The lowest BCUT2D eigenvalue weighted by atomic mass is 9.58. The van der Waals surface area contributed by atoms with Gasteiger partial charge in [-0.25, -0.2) is 0 Å². The number of aromatic hydroxyl groups is 1. The first-order valence-corrected chi connectivity index (χ1v) is 12.5. The number of hydrogen-bond donors (Lipinski definition) is 5. The largest absolute Gasteiger partial charge is 0.510 e.